The third-order valence-corrected chi connectivity index (χ3v) is 5.60. The molecule has 136 valence electrons. The zero-order valence-corrected chi connectivity index (χ0v) is 15.5. The number of amides is 1. The van der Waals surface area contributed by atoms with Gasteiger partial charge in [0.25, 0.3) is 5.91 Å². The average Bonchev–Trinajstić information content (AvgIpc) is 3.24. The van der Waals surface area contributed by atoms with Crippen LogP contribution in [0.5, 0.6) is 5.75 Å². The number of nitrogens with zero attached hydrogens (tertiary/aromatic N) is 2. The lowest BCUT2D eigenvalue weighted by molar-refractivity contribution is 0.0737. The van der Waals surface area contributed by atoms with E-state index in [1.807, 2.05) is 59.1 Å². The SMILES string of the molecule is COc1ccc2[nH]c3c(c2c1)CN(C(=O)c1cn(C)c2ccccc12)CC3. The van der Waals surface area contributed by atoms with E-state index in [0.717, 1.165) is 46.1 Å². The summed E-state index contributed by atoms with van der Waals surface area (Å²) in [7, 11) is 3.66. The van der Waals surface area contributed by atoms with E-state index in [0.29, 0.717) is 6.54 Å². The molecular weight excluding hydrogens is 338 g/mol. The fourth-order valence-corrected chi connectivity index (χ4v) is 4.18. The van der Waals surface area contributed by atoms with Gasteiger partial charge in [0.1, 0.15) is 5.75 Å². The molecule has 5 nitrogen and oxygen atoms in total. The smallest absolute Gasteiger partial charge is 0.256 e. The molecule has 1 amide bonds. The zero-order valence-electron chi connectivity index (χ0n) is 15.5. The van der Waals surface area contributed by atoms with E-state index in [9.17, 15) is 4.79 Å². The summed E-state index contributed by atoms with van der Waals surface area (Å²) in [5.74, 6) is 0.927. The summed E-state index contributed by atoms with van der Waals surface area (Å²) < 4.78 is 7.40. The van der Waals surface area contributed by atoms with Gasteiger partial charge in [-0.15, -0.1) is 0 Å². The molecule has 1 N–H and O–H groups in total. The number of carbonyl (C=O) groups excluding carboxylic acids is 1. The quantitative estimate of drug-likeness (QED) is 0.591. The van der Waals surface area contributed by atoms with Crippen molar-refractivity contribution in [1.29, 1.82) is 0 Å². The van der Waals surface area contributed by atoms with E-state index in [1.54, 1.807) is 7.11 Å². The number of carbonyl (C=O) groups is 1. The first-order valence-corrected chi connectivity index (χ1v) is 9.16. The number of nitrogens with one attached hydrogen (secondary N) is 1. The first-order valence-electron chi connectivity index (χ1n) is 9.16. The fraction of sp³-hybridized carbons (Fsp3) is 0.227. The molecule has 0 atom stereocenters. The maximum absolute atomic E-state index is 13.3. The monoisotopic (exact) mass is 359 g/mol. The standard InChI is InChI=1S/C22H21N3O2/c1-24-12-18(15-5-3-4-6-21(15)24)22(26)25-10-9-20-17(13-25)16-11-14(27-2)7-8-19(16)23-20/h3-8,11-12,23H,9-10,13H2,1-2H3. The lowest BCUT2D eigenvalue weighted by Crippen LogP contribution is -2.35. The van der Waals surface area contributed by atoms with Crippen molar-refractivity contribution < 1.29 is 9.53 Å². The van der Waals surface area contributed by atoms with E-state index in [1.165, 1.54) is 11.3 Å². The minimum absolute atomic E-state index is 0.0923. The van der Waals surface area contributed by atoms with E-state index in [4.69, 9.17) is 4.74 Å². The normalized spacial score (nSPS) is 13.9. The highest BCUT2D eigenvalue weighted by atomic mass is 16.5. The number of rotatable bonds is 2. The fourth-order valence-electron chi connectivity index (χ4n) is 4.18. The molecule has 4 aromatic rings. The van der Waals surface area contributed by atoms with Gasteiger partial charge in [0.15, 0.2) is 0 Å². The Balaban J connectivity index is 1.54. The minimum Gasteiger partial charge on any atom is -0.497 e. The highest BCUT2D eigenvalue weighted by molar-refractivity contribution is 6.07. The molecule has 3 heterocycles. The first-order chi connectivity index (χ1) is 13.2. The lowest BCUT2D eigenvalue weighted by atomic mass is 10.0. The molecule has 2 aromatic heterocycles. The molecule has 27 heavy (non-hydrogen) atoms. The Hall–Kier alpha value is -3.21. The number of ether oxygens (including phenoxy) is 1. The highest BCUT2D eigenvalue weighted by Crippen LogP contribution is 2.31. The molecule has 0 saturated heterocycles. The minimum atomic E-state index is 0.0923. The molecule has 5 rings (SSSR count). The lowest BCUT2D eigenvalue weighted by Gasteiger charge is -2.27. The van der Waals surface area contributed by atoms with E-state index in [-0.39, 0.29) is 5.91 Å². The summed E-state index contributed by atoms with van der Waals surface area (Å²) in [6, 6.07) is 14.1. The molecule has 1 aliphatic heterocycles. The number of benzene rings is 2. The van der Waals surface area contributed by atoms with Gasteiger partial charge >= 0.3 is 0 Å². The molecule has 0 unspecified atom stereocenters. The summed E-state index contributed by atoms with van der Waals surface area (Å²) >= 11 is 0. The third-order valence-electron chi connectivity index (χ3n) is 5.60. The molecule has 0 saturated carbocycles. The first kappa shape index (κ1) is 16.0. The number of para-hydroxylation sites is 1. The molecular formula is C22H21N3O2. The molecule has 5 heteroatoms. The Morgan fingerprint density at radius 1 is 1.15 bits per heavy atom. The van der Waals surface area contributed by atoms with Crippen LogP contribution in [0.1, 0.15) is 21.6 Å². The van der Waals surface area contributed by atoms with Gasteiger partial charge in [-0.25, -0.2) is 0 Å². The van der Waals surface area contributed by atoms with Gasteiger partial charge in [-0.2, -0.15) is 0 Å². The summed E-state index contributed by atoms with van der Waals surface area (Å²) in [5.41, 5.74) is 5.37. The predicted molar refractivity (Wildman–Crippen MR) is 106 cm³/mol. The Labute approximate surface area is 157 Å². The van der Waals surface area contributed by atoms with Crippen LogP contribution in [-0.4, -0.2) is 34.0 Å². The van der Waals surface area contributed by atoms with Crippen molar-refractivity contribution in [3.8, 4) is 5.75 Å². The average molecular weight is 359 g/mol. The van der Waals surface area contributed by atoms with Gasteiger partial charge in [-0.05, 0) is 24.3 Å². The predicted octanol–water partition coefficient (Wildman–Crippen LogP) is 3.87. The van der Waals surface area contributed by atoms with Gasteiger partial charge in [-0.1, -0.05) is 18.2 Å². The van der Waals surface area contributed by atoms with Crippen LogP contribution in [0.2, 0.25) is 0 Å². The third kappa shape index (κ3) is 2.42. The number of hydrogen-bond acceptors (Lipinski definition) is 2. The molecule has 0 fully saturated rings. The number of hydrogen-bond donors (Lipinski definition) is 1. The van der Waals surface area contributed by atoms with Gasteiger partial charge in [0.05, 0.1) is 12.7 Å². The number of methoxy groups -OCH3 is 1. The van der Waals surface area contributed by atoms with Gasteiger partial charge in [-0.3, -0.25) is 4.79 Å². The maximum atomic E-state index is 13.3. The second-order valence-corrected chi connectivity index (χ2v) is 7.14. The second kappa shape index (κ2) is 5.91. The Morgan fingerprint density at radius 3 is 2.85 bits per heavy atom. The topological polar surface area (TPSA) is 50.3 Å². The van der Waals surface area contributed by atoms with Crippen molar-refractivity contribution in [3.63, 3.8) is 0 Å². The van der Waals surface area contributed by atoms with E-state index >= 15 is 0 Å². The molecule has 1 aliphatic rings. The van der Waals surface area contributed by atoms with Gasteiger partial charge in [0, 0.05) is 65.8 Å². The number of aromatic amines is 1. The molecule has 0 radical (unpaired) electrons. The number of fused-ring (bicyclic) bond motifs is 4. The number of H-pyrrole nitrogens is 1. The van der Waals surface area contributed by atoms with Crippen LogP contribution in [0.15, 0.2) is 48.7 Å². The van der Waals surface area contributed by atoms with Crippen LogP contribution in [0.4, 0.5) is 0 Å². The molecule has 2 aromatic carbocycles. The Morgan fingerprint density at radius 2 is 2.00 bits per heavy atom. The van der Waals surface area contributed by atoms with Crippen LogP contribution in [-0.2, 0) is 20.0 Å². The van der Waals surface area contributed by atoms with Gasteiger partial charge < -0.3 is 19.2 Å². The molecule has 0 spiro atoms. The van der Waals surface area contributed by atoms with E-state index < -0.39 is 0 Å². The van der Waals surface area contributed by atoms with Crippen LogP contribution in [0.3, 0.4) is 0 Å². The summed E-state index contributed by atoms with van der Waals surface area (Å²) in [6.45, 7) is 1.34. The zero-order chi connectivity index (χ0) is 18.5. The van der Waals surface area contributed by atoms with Crippen molar-refractivity contribution in [2.24, 2.45) is 7.05 Å². The summed E-state index contributed by atoms with van der Waals surface area (Å²) in [4.78, 5) is 18.8. The molecule has 0 bridgehead atoms. The van der Waals surface area contributed by atoms with Crippen molar-refractivity contribution >= 4 is 27.7 Å². The van der Waals surface area contributed by atoms with Crippen LogP contribution in [0.25, 0.3) is 21.8 Å². The van der Waals surface area contributed by atoms with Gasteiger partial charge in [0.2, 0.25) is 0 Å². The van der Waals surface area contributed by atoms with Crippen molar-refractivity contribution in [3.05, 3.63) is 65.5 Å². The summed E-state index contributed by atoms with van der Waals surface area (Å²) in [6.07, 6.45) is 2.78. The second-order valence-electron chi connectivity index (χ2n) is 7.14. The summed E-state index contributed by atoms with van der Waals surface area (Å²) in [5, 5.41) is 2.15. The van der Waals surface area contributed by atoms with Crippen LogP contribution < -0.4 is 4.74 Å². The number of aromatic nitrogens is 2. The maximum Gasteiger partial charge on any atom is 0.256 e. The van der Waals surface area contributed by atoms with E-state index in [2.05, 4.69) is 11.1 Å². The van der Waals surface area contributed by atoms with Crippen LogP contribution >= 0.6 is 0 Å². The molecule has 0 aliphatic carbocycles. The number of aryl methyl sites for hydroxylation is 1. The van der Waals surface area contributed by atoms with Crippen molar-refractivity contribution in [1.82, 2.24) is 14.5 Å². The highest BCUT2D eigenvalue weighted by Gasteiger charge is 2.26. The Kier molecular flexibility index (Phi) is 3.50. The van der Waals surface area contributed by atoms with Crippen LogP contribution in [0, 0.1) is 0 Å². The van der Waals surface area contributed by atoms with Crippen molar-refractivity contribution in [2.75, 3.05) is 13.7 Å². The Bertz CT molecular complexity index is 1190. The van der Waals surface area contributed by atoms with Crippen molar-refractivity contribution in [2.45, 2.75) is 13.0 Å². The largest absolute Gasteiger partial charge is 0.497 e.